The van der Waals surface area contributed by atoms with Crippen LogP contribution in [0.3, 0.4) is 0 Å². The topological polar surface area (TPSA) is 81.8 Å². The van der Waals surface area contributed by atoms with E-state index in [0.29, 0.717) is 5.69 Å². The normalized spacial score (nSPS) is 21.1. The Kier molecular flexibility index (Phi) is 4.27. The predicted octanol–water partition coefficient (Wildman–Crippen LogP) is 1.20. The van der Waals surface area contributed by atoms with Crippen LogP contribution in [0.1, 0.15) is 47.9 Å². The van der Waals surface area contributed by atoms with Crippen LogP contribution in [0.4, 0.5) is 0 Å². The van der Waals surface area contributed by atoms with Crippen molar-refractivity contribution in [3.63, 3.8) is 0 Å². The highest BCUT2D eigenvalue weighted by Gasteiger charge is 2.25. The summed E-state index contributed by atoms with van der Waals surface area (Å²) in [6.07, 6.45) is 5.01. The van der Waals surface area contributed by atoms with Gasteiger partial charge in [-0.3, -0.25) is 14.3 Å². The number of aryl methyl sites for hydroxylation is 2. The number of hydrogen-bond acceptors (Lipinski definition) is 4. The van der Waals surface area contributed by atoms with Gasteiger partial charge < -0.3 is 5.32 Å². The number of rotatable bonds is 3. The molecule has 0 aliphatic heterocycles. The summed E-state index contributed by atoms with van der Waals surface area (Å²) in [5.41, 5.74) is 1.34. The first-order valence-corrected chi connectivity index (χ1v) is 7.90. The maximum atomic E-state index is 12.3. The van der Waals surface area contributed by atoms with E-state index in [1.54, 1.807) is 34.7 Å². The summed E-state index contributed by atoms with van der Waals surface area (Å²) < 4.78 is 3.16. The van der Waals surface area contributed by atoms with Crippen LogP contribution in [0.5, 0.6) is 0 Å². The summed E-state index contributed by atoms with van der Waals surface area (Å²) in [6.45, 7) is 1.87. The van der Waals surface area contributed by atoms with Gasteiger partial charge in [-0.25, -0.2) is 4.68 Å². The van der Waals surface area contributed by atoms with Crippen molar-refractivity contribution in [2.24, 2.45) is 7.05 Å². The van der Waals surface area contributed by atoms with Gasteiger partial charge in [-0.1, -0.05) is 0 Å². The number of carbonyl (C=O) groups is 1. The lowest BCUT2D eigenvalue weighted by atomic mass is 9.91. The Hall–Kier alpha value is -2.44. The Balaban J connectivity index is 1.59. The average molecular weight is 315 g/mol. The highest BCUT2D eigenvalue weighted by atomic mass is 16.2. The third kappa shape index (κ3) is 3.33. The molecule has 1 fully saturated rings. The number of carbonyl (C=O) groups excluding carboxylic acids is 1. The first-order valence-electron chi connectivity index (χ1n) is 7.90. The van der Waals surface area contributed by atoms with Crippen LogP contribution in [0.2, 0.25) is 0 Å². The summed E-state index contributed by atoms with van der Waals surface area (Å²) in [6, 6.07) is 5.23. The third-order valence-electron chi connectivity index (χ3n) is 4.35. The second-order valence-electron chi connectivity index (χ2n) is 6.08. The highest BCUT2D eigenvalue weighted by molar-refractivity contribution is 5.92. The molecule has 7 heteroatoms. The minimum absolute atomic E-state index is 0.0645. The van der Waals surface area contributed by atoms with Gasteiger partial charge in [-0.05, 0) is 44.7 Å². The van der Waals surface area contributed by atoms with E-state index in [9.17, 15) is 9.59 Å². The number of aromatic nitrogens is 4. The second kappa shape index (κ2) is 6.36. The van der Waals surface area contributed by atoms with Crippen LogP contribution in [-0.4, -0.2) is 31.5 Å². The molecular formula is C16H21N5O2. The largest absolute Gasteiger partial charge is 0.348 e. The molecular weight excluding hydrogens is 294 g/mol. The SMILES string of the molecule is Cc1cc(C(=O)NC2CCC(n3ncccc3=O)CC2)n(C)n1. The van der Waals surface area contributed by atoms with Gasteiger partial charge in [0, 0.05) is 25.4 Å². The number of nitrogens with one attached hydrogen (secondary N) is 1. The lowest BCUT2D eigenvalue weighted by molar-refractivity contribution is 0.0911. The summed E-state index contributed by atoms with van der Waals surface area (Å²) >= 11 is 0. The fourth-order valence-corrected chi connectivity index (χ4v) is 3.19. The number of amides is 1. The monoisotopic (exact) mass is 315 g/mol. The minimum atomic E-state index is -0.0912. The molecule has 0 unspecified atom stereocenters. The Morgan fingerprint density at radius 1 is 1.30 bits per heavy atom. The van der Waals surface area contributed by atoms with Crippen molar-refractivity contribution in [1.82, 2.24) is 24.9 Å². The van der Waals surface area contributed by atoms with Crippen LogP contribution in [0.15, 0.2) is 29.2 Å². The Morgan fingerprint density at radius 2 is 2.04 bits per heavy atom. The van der Waals surface area contributed by atoms with Crippen molar-refractivity contribution < 1.29 is 4.79 Å². The van der Waals surface area contributed by atoms with E-state index < -0.39 is 0 Å². The zero-order valence-corrected chi connectivity index (χ0v) is 13.4. The van der Waals surface area contributed by atoms with Crippen molar-refractivity contribution in [2.45, 2.75) is 44.7 Å². The fourth-order valence-electron chi connectivity index (χ4n) is 3.19. The smallest absolute Gasteiger partial charge is 0.269 e. The summed E-state index contributed by atoms with van der Waals surface area (Å²) in [7, 11) is 1.77. The molecule has 2 heterocycles. The lowest BCUT2D eigenvalue weighted by Crippen LogP contribution is -2.40. The second-order valence-corrected chi connectivity index (χ2v) is 6.08. The first kappa shape index (κ1) is 15.5. The quantitative estimate of drug-likeness (QED) is 0.922. The van der Waals surface area contributed by atoms with Gasteiger partial charge in [0.2, 0.25) is 0 Å². The summed E-state index contributed by atoms with van der Waals surface area (Å²) in [4.78, 5) is 24.1. The van der Waals surface area contributed by atoms with Crippen LogP contribution in [0.25, 0.3) is 0 Å². The molecule has 0 aromatic carbocycles. The molecule has 0 saturated heterocycles. The standard InChI is InChI=1S/C16H21N5O2/c1-11-10-14(20(2)19-11)16(23)18-12-5-7-13(8-6-12)21-15(22)4-3-9-17-21/h3-4,9-10,12-13H,5-8H2,1-2H3,(H,18,23). The number of hydrogen-bond donors (Lipinski definition) is 1. The van der Waals surface area contributed by atoms with Crippen molar-refractivity contribution in [2.75, 3.05) is 0 Å². The van der Waals surface area contributed by atoms with Crippen molar-refractivity contribution in [1.29, 1.82) is 0 Å². The molecule has 0 atom stereocenters. The van der Waals surface area contributed by atoms with Crippen LogP contribution >= 0.6 is 0 Å². The molecule has 7 nitrogen and oxygen atoms in total. The molecule has 1 aliphatic carbocycles. The zero-order chi connectivity index (χ0) is 16.4. The van der Waals surface area contributed by atoms with E-state index in [-0.39, 0.29) is 23.6 Å². The molecule has 3 rings (SSSR count). The molecule has 23 heavy (non-hydrogen) atoms. The van der Waals surface area contributed by atoms with Gasteiger partial charge >= 0.3 is 0 Å². The molecule has 1 aliphatic rings. The van der Waals surface area contributed by atoms with E-state index in [4.69, 9.17) is 0 Å². The lowest BCUT2D eigenvalue weighted by Gasteiger charge is -2.29. The molecule has 1 saturated carbocycles. The van der Waals surface area contributed by atoms with Gasteiger partial charge in [-0.2, -0.15) is 10.2 Å². The Labute approximate surface area is 134 Å². The molecule has 2 aromatic rings. The summed E-state index contributed by atoms with van der Waals surface area (Å²) in [5, 5.41) is 11.4. The predicted molar refractivity (Wildman–Crippen MR) is 85.2 cm³/mol. The maximum Gasteiger partial charge on any atom is 0.269 e. The molecule has 122 valence electrons. The molecule has 0 spiro atoms. The minimum Gasteiger partial charge on any atom is -0.348 e. The van der Waals surface area contributed by atoms with Crippen molar-refractivity contribution in [3.8, 4) is 0 Å². The molecule has 0 bridgehead atoms. The van der Waals surface area contributed by atoms with E-state index in [1.165, 1.54) is 6.07 Å². The summed E-state index contributed by atoms with van der Waals surface area (Å²) in [5.74, 6) is -0.0912. The van der Waals surface area contributed by atoms with Gasteiger partial charge in [0.05, 0.1) is 11.7 Å². The Bertz CT molecular complexity index is 756. The van der Waals surface area contributed by atoms with Crippen LogP contribution < -0.4 is 10.9 Å². The van der Waals surface area contributed by atoms with Gasteiger partial charge in [0.15, 0.2) is 0 Å². The third-order valence-corrected chi connectivity index (χ3v) is 4.35. The van der Waals surface area contributed by atoms with Gasteiger partial charge in [-0.15, -0.1) is 0 Å². The van der Waals surface area contributed by atoms with E-state index in [0.717, 1.165) is 31.4 Å². The van der Waals surface area contributed by atoms with Crippen LogP contribution in [-0.2, 0) is 7.05 Å². The van der Waals surface area contributed by atoms with Crippen molar-refractivity contribution >= 4 is 5.91 Å². The number of nitrogens with zero attached hydrogens (tertiary/aromatic N) is 4. The van der Waals surface area contributed by atoms with E-state index >= 15 is 0 Å². The maximum absolute atomic E-state index is 12.3. The molecule has 2 aromatic heterocycles. The zero-order valence-electron chi connectivity index (χ0n) is 13.4. The molecule has 1 amide bonds. The fraction of sp³-hybridized carbons (Fsp3) is 0.500. The van der Waals surface area contributed by atoms with Gasteiger partial charge in [0.25, 0.3) is 11.5 Å². The van der Waals surface area contributed by atoms with E-state index in [2.05, 4.69) is 15.5 Å². The molecule has 0 radical (unpaired) electrons. The van der Waals surface area contributed by atoms with Crippen LogP contribution in [0, 0.1) is 6.92 Å². The molecule has 1 N–H and O–H groups in total. The van der Waals surface area contributed by atoms with Gasteiger partial charge in [0.1, 0.15) is 5.69 Å². The first-order chi connectivity index (χ1) is 11.0. The van der Waals surface area contributed by atoms with E-state index in [1.807, 2.05) is 6.92 Å². The Morgan fingerprint density at radius 3 is 2.65 bits per heavy atom. The average Bonchev–Trinajstić information content (AvgIpc) is 2.87. The highest BCUT2D eigenvalue weighted by Crippen LogP contribution is 2.26. The van der Waals surface area contributed by atoms with Crippen molar-refractivity contribution in [3.05, 3.63) is 46.1 Å².